The van der Waals surface area contributed by atoms with Gasteiger partial charge in [-0.05, 0) is 34.7 Å². The molecule has 0 aliphatic rings. The molecule has 2 nitrogen and oxygen atoms in total. The van der Waals surface area contributed by atoms with Gasteiger partial charge in [-0.1, -0.05) is 56.1 Å². The standard InChI is InChI=1S/C14H13Cl2IN2/c1-14(2,3)11-10(17)12(16)19-13(18-11)8-5-4-6-9(15)7-8/h4-7H,1-3H3. The molecule has 0 atom stereocenters. The second kappa shape index (κ2) is 5.54. The molecule has 1 heterocycles. The Labute approximate surface area is 136 Å². The Morgan fingerprint density at radius 1 is 1.11 bits per heavy atom. The fourth-order valence-electron chi connectivity index (χ4n) is 1.67. The second-order valence-electron chi connectivity index (χ2n) is 5.26. The van der Waals surface area contributed by atoms with Crippen LogP contribution in [0.15, 0.2) is 24.3 Å². The van der Waals surface area contributed by atoms with Crippen LogP contribution in [0.2, 0.25) is 10.2 Å². The van der Waals surface area contributed by atoms with Crippen molar-refractivity contribution in [2.45, 2.75) is 26.2 Å². The van der Waals surface area contributed by atoms with Crippen LogP contribution >= 0.6 is 45.8 Å². The molecular weight excluding hydrogens is 394 g/mol. The lowest BCUT2D eigenvalue weighted by Crippen LogP contribution is -2.17. The molecule has 0 radical (unpaired) electrons. The highest BCUT2D eigenvalue weighted by Crippen LogP contribution is 2.31. The number of hydrogen-bond donors (Lipinski definition) is 0. The summed E-state index contributed by atoms with van der Waals surface area (Å²) in [6.45, 7) is 6.32. The minimum Gasteiger partial charge on any atom is -0.231 e. The van der Waals surface area contributed by atoms with Crippen molar-refractivity contribution >= 4 is 45.8 Å². The van der Waals surface area contributed by atoms with E-state index in [0.717, 1.165) is 14.8 Å². The molecule has 0 aliphatic heterocycles. The fourth-order valence-corrected chi connectivity index (χ4v) is 3.08. The van der Waals surface area contributed by atoms with E-state index in [0.29, 0.717) is 16.0 Å². The summed E-state index contributed by atoms with van der Waals surface area (Å²) >= 11 is 14.4. The van der Waals surface area contributed by atoms with Gasteiger partial charge >= 0.3 is 0 Å². The van der Waals surface area contributed by atoms with Crippen molar-refractivity contribution in [3.8, 4) is 11.4 Å². The molecule has 1 aromatic heterocycles. The van der Waals surface area contributed by atoms with Crippen molar-refractivity contribution in [1.82, 2.24) is 9.97 Å². The third-order valence-corrected chi connectivity index (χ3v) is 4.45. The number of benzene rings is 1. The molecule has 100 valence electrons. The average molecular weight is 407 g/mol. The van der Waals surface area contributed by atoms with Crippen LogP contribution in [-0.4, -0.2) is 9.97 Å². The van der Waals surface area contributed by atoms with Gasteiger partial charge < -0.3 is 0 Å². The van der Waals surface area contributed by atoms with E-state index in [1.807, 2.05) is 24.3 Å². The first-order chi connectivity index (χ1) is 8.79. The van der Waals surface area contributed by atoms with E-state index in [-0.39, 0.29) is 5.41 Å². The van der Waals surface area contributed by atoms with Gasteiger partial charge in [0.2, 0.25) is 0 Å². The largest absolute Gasteiger partial charge is 0.231 e. The summed E-state index contributed by atoms with van der Waals surface area (Å²) in [5, 5.41) is 1.14. The highest BCUT2D eigenvalue weighted by molar-refractivity contribution is 14.1. The maximum Gasteiger partial charge on any atom is 0.161 e. The predicted molar refractivity (Wildman–Crippen MR) is 88.9 cm³/mol. The van der Waals surface area contributed by atoms with E-state index in [1.165, 1.54) is 0 Å². The maximum absolute atomic E-state index is 6.22. The SMILES string of the molecule is CC(C)(C)c1nc(-c2cccc(Cl)c2)nc(Cl)c1I. The molecule has 0 N–H and O–H groups in total. The Hall–Kier alpha value is -0.390. The van der Waals surface area contributed by atoms with Crippen LogP contribution in [0.25, 0.3) is 11.4 Å². The minimum absolute atomic E-state index is 0.0869. The third-order valence-electron chi connectivity index (χ3n) is 2.60. The summed E-state index contributed by atoms with van der Waals surface area (Å²) in [4.78, 5) is 9.00. The van der Waals surface area contributed by atoms with Crippen LogP contribution in [0.3, 0.4) is 0 Å². The minimum atomic E-state index is -0.0869. The zero-order chi connectivity index (χ0) is 14.2. The Bertz CT molecular complexity index is 621. The molecule has 0 saturated heterocycles. The fraction of sp³-hybridized carbons (Fsp3) is 0.286. The van der Waals surface area contributed by atoms with Crippen LogP contribution in [0.4, 0.5) is 0 Å². The van der Waals surface area contributed by atoms with Gasteiger partial charge in [-0.15, -0.1) is 0 Å². The molecular formula is C14H13Cl2IN2. The summed E-state index contributed by atoms with van der Waals surface area (Å²) in [7, 11) is 0. The Kier molecular flexibility index (Phi) is 4.38. The van der Waals surface area contributed by atoms with Gasteiger partial charge in [0, 0.05) is 16.0 Å². The van der Waals surface area contributed by atoms with Gasteiger partial charge in [-0.3, -0.25) is 0 Å². The summed E-state index contributed by atoms with van der Waals surface area (Å²) in [5.41, 5.74) is 1.73. The second-order valence-corrected chi connectivity index (χ2v) is 7.13. The van der Waals surface area contributed by atoms with Crippen LogP contribution in [0.1, 0.15) is 26.5 Å². The summed E-state index contributed by atoms with van der Waals surface area (Å²) in [6.07, 6.45) is 0. The van der Waals surface area contributed by atoms with Crippen molar-refractivity contribution in [2.24, 2.45) is 0 Å². The monoisotopic (exact) mass is 406 g/mol. The first kappa shape index (κ1) is 15.0. The van der Waals surface area contributed by atoms with Gasteiger partial charge in [0.1, 0.15) is 5.15 Å². The van der Waals surface area contributed by atoms with Gasteiger partial charge in [-0.2, -0.15) is 0 Å². The number of rotatable bonds is 1. The molecule has 0 spiro atoms. The van der Waals surface area contributed by atoms with Crippen molar-refractivity contribution in [3.05, 3.63) is 43.7 Å². The molecule has 1 aromatic carbocycles. The van der Waals surface area contributed by atoms with Crippen LogP contribution in [0, 0.1) is 3.57 Å². The molecule has 19 heavy (non-hydrogen) atoms. The van der Waals surface area contributed by atoms with E-state index in [9.17, 15) is 0 Å². The number of hydrogen-bond acceptors (Lipinski definition) is 2. The topological polar surface area (TPSA) is 25.8 Å². The van der Waals surface area contributed by atoms with Crippen molar-refractivity contribution in [3.63, 3.8) is 0 Å². The summed E-state index contributed by atoms with van der Waals surface area (Å²) in [6, 6.07) is 7.47. The molecule has 0 saturated carbocycles. The van der Waals surface area contributed by atoms with E-state index < -0.39 is 0 Å². The Morgan fingerprint density at radius 3 is 2.37 bits per heavy atom. The van der Waals surface area contributed by atoms with Gasteiger partial charge in [0.15, 0.2) is 5.82 Å². The van der Waals surface area contributed by atoms with E-state index >= 15 is 0 Å². The van der Waals surface area contributed by atoms with Crippen LogP contribution < -0.4 is 0 Å². The molecule has 0 fully saturated rings. The lowest BCUT2D eigenvalue weighted by Gasteiger charge is -2.20. The summed E-state index contributed by atoms with van der Waals surface area (Å²) in [5.74, 6) is 0.609. The molecule has 0 unspecified atom stereocenters. The number of halogens is 3. The number of aromatic nitrogens is 2. The van der Waals surface area contributed by atoms with E-state index in [1.54, 1.807) is 0 Å². The zero-order valence-electron chi connectivity index (χ0n) is 10.8. The Balaban J connectivity index is 2.63. The lowest BCUT2D eigenvalue weighted by molar-refractivity contribution is 0.563. The van der Waals surface area contributed by atoms with Crippen LogP contribution in [-0.2, 0) is 5.41 Å². The maximum atomic E-state index is 6.22. The van der Waals surface area contributed by atoms with E-state index in [4.69, 9.17) is 23.2 Å². The van der Waals surface area contributed by atoms with Gasteiger partial charge in [-0.25, -0.2) is 9.97 Å². The molecule has 2 aromatic rings. The molecule has 0 amide bonds. The normalized spacial score (nSPS) is 11.7. The van der Waals surface area contributed by atoms with E-state index in [2.05, 4.69) is 53.3 Å². The van der Waals surface area contributed by atoms with Gasteiger partial charge in [0.25, 0.3) is 0 Å². The highest BCUT2D eigenvalue weighted by Gasteiger charge is 2.22. The Morgan fingerprint density at radius 2 is 1.79 bits per heavy atom. The first-order valence-electron chi connectivity index (χ1n) is 5.78. The smallest absolute Gasteiger partial charge is 0.161 e. The molecule has 0 aliphatic carbocycles. The van der Waals surface area contributed by atoms with Crippen molar-refractivity contribution in [1.29, 1.82) is 0 Å². The first-order valence-corrected chi connectivity index (χ1v) is 7.62. The average Bonchev–Trinajstić information content (AvgIpc) is 2.31. The summed E-state index contributed by atoms with van der Waals surface area (Å²) < 4.78 is 0.901. The quantitative estimate of drug-likeness (QED) is 0.471. The number of nitrogens with zero attached hydrogens (tertiary/aromatic N) is 2. The molecule has 5 heteroatoms. The van der Waals surface area contributed by atoms with Crippen molar-refractivity contribution in [2.75, 3.05) is 0 Å². The van der Waals surface area contributed by atoms with Crippen LogP contribution in [0.5, 0.6) is 0 Å². The zero-order valence-corrected chi connectivity index (χ0v) is 14.5. The molecule has 2 rings (SSSR count). The highest BCUT2D eigenvalue weighted by atomic mass is 127. The molecule has 0 bridgehead atoms. The van der Waals surface area contributed by atoms with Crippen molar-refractivity contribution < 1.29 is 0 Å². The lowest BCUT2D eigenvalue weighted by atomic mass is 9.92. The van der Waals surface area contributed by atoms with Gasteiger partial charge in [0.05, 0.1) is 9.26 Å². The predicted octanol–water partition coefficient (Wildman–Crippen LogP) is 5.35. The third kappa shape index (κ3) is 3.38.